The topological polar surface area (TPSA) is 109 Å². The molecule has 2 aliphatic rings. The van der Waals surface area contributed by atoms with Crippen molar-refractivity contribution in [2.24, 2.45) is 0 Å². The van der Waals surface area contributed by atoms with Gasteiger partial charge >= 0.3 is 0 Å². The molecule has 2 saturated heterocycles. The van der Waals surface area contributed by atoms with E-state index < -0.39 is 10.0 Å². The van der Waals surface area contributed by atoms with Gasteiger partial charge in [0.1, 0.15) is 5.75 Å². The number of fused-ring (bicyclic) bond motifs is 1. The van der Waals surface area contributed by atoms with E-state index in [2.05, 4.69) is 37.3 Å². The summed E-state index contributed by atoms with van der Waals surface area (Å²) in [6.45, 7) is 9.54. The molecule has 4 aromatic rings. The molecule has 1 N–H and O–H groups in total. The number of carbonyl (C=O) groups excluding carboxylic acids is 1. The molecule has 14 heteroatoms. The fraction of sp³-hybridized carbons (Fsp3) is 0.459. The van der Waals surface area contributed by atoms with E-state index in [4.69, 9.17) is 37.7 Å². The van der Waals surface area contributed by atoms with E-state index in [1.165, 1.54) is 7.11 Å². The van der Waals surface area contributed by atoms with Crippen molar-refractivity contribution >= 4 is 61.8 Å². The summed E-state index contributed by atoms with van der Waals surface area (Å²) >= 11 is 12.9. The van der Waals surface area contributed by atoms with Crippen molar-refractivity contribution in [3.05, 3.63) is 81.8 Å². The number of anilines is 2. The zero-order valence-corrected chi connectivity index (χ0v) is 31.7. The molecule has 1 amide bonds. The molecule has 274 valence electrons. The molecule has 0 spiro atoms. The molecule has 11 nitrogen and oxygen atoms in total. The molecular weight excluding hydrogens is 711 g/mol. The molecule has 0 radical (unpaired) electrons. The summed E-state index contributed by atoms with van der Waals surface area (Å²) < 4.78 is 39.8. The Kier molecular flexibility index (Phi) is 11.7. The van der Waals surface area contributed by atoms with E-state index in [-0.39, 0.29) is 17.0 Å². The highest BCUT2D eigenvalue weighted by Crippen LogP contribution is 2.41. The van der Waals surface area contributed by atoms with Crippen LogP contribution in [0.3, 0.4) is 0 Å². The Labute approximate surface area is 310 Å². The molecule has 0 aliphatic carbocycles. The number of ether oxygens (including phenoxy) is 2. The zero-order chi connectivity index (χ0) is 36.2. The molecule has 0 saturated carbocycles. The van der Waals surface area contributed by atoms with Crippen LogP contribution in [0.4, 0.5) is 11.6 Å². The number of nitrogens with zero attached hydrogens (tertiary/aromatic N) is 5. The normalized spacial score (nSPS) is 18.7. The number of para-hydroxylation sites is 2. The maximum Gasteiger partial charge on any atom is 0.254 e. The highest BCUT2D eigenvalue weighted by Gasteiger charge is 2.42. The van der Waals surface area contributed by atoms with Crippen LogP contribution >= 0.6 is 23.2 Å². The number of benzene rings is 3. The Bertz CT molecular complexity index is 1970. The van der Waals surface area contributed by atoms with Crippen molar-refractivity contribution < 1.29 is 22.7 Å². The lowest BCUT2D eigenvalue weighted by Gasteiger charge is -2.33. The Balaban J connectivity index is 1.19. The Morgan fingerprint density at radius 1 is 0.980 bits per heavy atom. The number of hydrogen-bond acceptors (Lipinski definition) is 8. The van der Waals surface area contributed by atoms with Crippen LogP contribution in [-0.2, 0) is 26.7 Å². The second-order valence-corrected chi connectivity index (χ2v) is 16.0. The van der Waals surface area contributed by atoms with Crippen LogP contribution in [0.25, 0.3) is 11.0 Å². The number of hydrogen-bond donors (Lipinski definition) is 1. The van der Waals surface area contributed by atoms with Crippen molar-refractivity contribution in [1.82, 2.24) is 19.4 Å². The van der Waals surface area contributed by atoms with E-state index in [1.807, 2.05) is 36.1 Å². The minimum Gasteiger partial charge on any atom is -0.497 e. The highest BCUT2D eigenvalue weighted by atomic mass is 35.5. The first kappa shape index (κ1) is 37.2. The number of imidazole rings is 1. The predicted molar refractivity (Wildman–Crippen MR) is 204 cm³/mol. The molecule has 2 fully saturated rings. The summed E-state index contributed by atoms with van der Waals surface area (Å²) in [7, 11) is -2.06. The quantitative estimate of drug-likeness (QED) is 0.162. The minimum atomic E-state index is -3.55. The third-order valence-electron chi connectivity index (χ3n) is 9.94. The largest absolute Gasteiger partial charge is 0.497 e. The van der Waals surface area contributed by atoms with E-state index in [1.54, 1.807) is 18.2 Å². The van der Waals surface area contributed by atoms with Crippen molar-refractivity contribution in [2.45, 2.75) is 38.1 Å². The average molecular weight is 758 g/mol. The van der Waals surface area contributed by atoms with Gasteiger partial charge in [0.25, 0.3) is 5.91 Å². The summed E-state index contributed by atoms with van der Waals surface area (Å²) in [5, 5.41) is 0.976. The first-order valence-corrected chi connectivity index (χ1v) is 20.1. The zero-order valence-electron chi connectivity index (χ0n) is 29.4. The Morgan fingerprint density at radius 3 is 2.57 bits per heavy atom. The maximum absolute atomic E-state index is 14.0. The number of nitrogens with one attached hydrogen (secondary N) is 1. The van der Waals surface area contributed by atoms with Gasteiger partial charge < -0.3 is 28.7 Å². The fourth-order valence-corrected chi connectivity index (χ4v) is 8.19. The summed E-state index contributed by atoms with van der Waals surface area (Å²) in [6.07, 6.45) is 3.64. The minimum absolute atomic E-state index is 0.190. The molecular formula is C37H46Cl2N6O5S. The number of methoxy groups -OCH3 is 1. The standard InChI is InChI=1S/C37H46Cl2N6O5S/c1-4-50-21-20-45-34-9-6-5-8-33(34)40-36(45)43-15-7-14-42(18-19-43)16-12-37(28-10-11-31(38)32(39)24-28)13-17-44(26-37)35(46)27-22-29(41-51(3,47)48)25-30(23-27)49-2/h5-6,8-11,22-25,41H,4,7,12-21,26H2,1-3H3. The number of rotatable bonds is 13. The number of carbonyl (C=O) groups is 1. The molecule has 0 bridgehead atoms. The Hall–Kier alpha value is -3.55. The van der Waals surface area contributed by atoms with Gasteiger partial charge in [-0.25, -0.2) is 13.4 Å². The van der Waals surface area contributed by atoms with Gasteiger partial charge in [-0.2, -0.15) is 0 Å². The number of aromatic nitrogens is 2. The van der Waals surface area contributed by atoms with E-state index in [9.17, 15) is 13.2 Å². The Morgan fingerprint density at radius 2 is 1.80 bits per heavy atom. The summed E-state index contributed by atoms with van der Waals surface area (Å²) in [4.78, 5) is 25.8. The van der Waals surface area contributed by atoms with Crippen LogP contribution < -0.4 is 14.4 Å². The third-order valence-corrected chi connectivity index (χ3v) is 11.3. The molecule has 3 aromatic carbocycles. The van der Waals surface area contributed by atoms with Crippen molar-refractivity contribution in [3.8, 4) is 5.75 Å². The van der Waals surface area contributed by atoms with Gasteiger partial charge in [-0.3, -0.25) is 9.52 Å². The number of sulfonamides is 1. The molecule has 1 atom stereocenters. The van der Waals surface area contributed by atoms with Crippen LogP contribution in [0.5, 0.6) is 5.75 Å². The van der Waals surface area contributed by atoms with Gasteiger partial charge in [-0.1, -0.05) is 41.4 Å². The molecule has 1 aromatic heterocycles. The van der Waals surface area contributed by atoms with E-state index in [0.717, 1.165) is 87.3 Å². The van der Waals surface area contributed by atoms with Crippen LogP contribution in [0.2, 0.25) is 10.0 Å². The fourth-order valence-electron chi connectivity index (χ4n) is 7.34. The molecule has 1 unspecified atom stereocenters. The van der Waals surface area contributed by atoms with Crippen LogP contribution in [0.15, 0.2) is 60.7 Å². The lowest BCUT2D eigenvalue weighted by atomic mass is 9.76. The molecule has 6 rings (SSSR count). The third kappa shape index (κ3) is 8.74. The summed E-state index contributed by atoms with van der Waals surface area (Å²) in [6, 6.07) is 18.8. The van der Waals surface area contributed by atoms with E-state index >= 15 is 0 Å². The maximum atomic E-state index is 14.0. The molecule has 51 heavy (non-hydrogen) atoms. The number of likely N-dealkylation sites (tertiary alicyclic amines) is 1. The van der Waals surface area contributed by atoms with Crippen LogP contribution in [0, 0.1) is 0 Å². The molecule has 3 heterocycles. The molecule has 2 aliphatic heterocycles. The van der Waals surface area contributed by atoms with Gasteiger partial charge in [-0.05, 0) is 81.2 Å². The van der Waals surface area contributed by atoms with Gasteiger partial charge in [-0.15, -0.1) is 0 Å². The predicted octanol–water partition coefficient (Wildman–Crippen LogP) is 6.15. The van der Waals surface area contributed by atoms with E-state index in [0.29, 0.717) is 47.7 Å². The van der Waals surface area contributed by atoms with Crippen LogP contribution in [-0.4, -0.2) is 106 Å². The van der Waals surface area contributed by atoms with Crippen molar-refractivity contribution in [2.75, 3.05) is 82.0 Å². The first-order chi connectivity index (χ1) is 24.5. The SMILES string of the molecule is CCOCCn1c(N2CCCN(CCC3(c4ccc(Cl)c(Cl)c4)CCN(C(=O)c4cc(NS(C)(=O)=O)cc(OC)c4)C3)CC2)nc2ccccc21. The first-order valence-electron chi connectivity index (χ1n) is 17.4. The highest BCUT2D eigenvalue weighted by molar-refractivity contribution is 7.92. The lowest BCUT2D eigenvalue weighted by molar-refractivity contribution is 0.0780. The number of halogens is 2. The second-order valence-electron chi connectivity index (χ2n) is 13.4. The van der Waals surface area contributed by atoms with Crippen molar-refractivity contribution in [3.63, 3.8) is 0 Å². The summed E-state index contributed by atoms with van der Waals surface area (Å²) in [5.74, 6) is 1.19. The smallest absolute Gasteiger partial charge is 0.254 e. The van der Waals surface area contributed by atoms with Gasteiger partial charge in [0, 0.05) is 62.9 Å². The average Bonchev–Trinajstić information content (AvgIpc) is 3.62. The van der Waals surface area contributed by atoms with Gasteiger partial charge in [0.15, 0.2) is 0 Å². The van der Waals surface area contributed by atoms with Gasteiger partial charge in [0.2, 0.25) is 16.0 Å². The second kappa shape index (κ2) is 16.0. The van der Waals surface area contributed by atoms with Crippen molar-refractivity contribution in [1.29, 1.82) is 0 Å². The lowest BCUT2D eigenvalue weighted by Crippen LogP contribution is -2.39. The monoisotopic (exact) mass is 756 g/mol. The van der Waals surface area contributed by atoms with Gasteiger partial charge in [0.05, 0.1) is 46.7 Å². The number of amides is 1. The summed E-state index contributed by atoms with van der Waals surface area (Å²) in [5.41, 5.74) is 3.44. The van der Waals surface area contributed by atoms with Crippen LogP contribution in [0.1, 0.15) is 42.1 Å².